The van der Waals surface area contributed by atoms with Crippen LogP contribution in [0.25, 0.3) is 0 Å². The number of aryl methyl sites for hydroxylation is 2. The minimum atomic E-state index is -0.421. The van der Waals surface area contributed by atoms with E-state index in [-0.39, 0.29) is 12.5 Å². The molecule has 4 heteroatoms. The molecular weight excluding hydrogens is 266 g/mol. The molecule has 1 aliphatic rings. The highest BCUT2D eigenvalue weighted by molar-refractivity contribution is 5.92. The number of carbonyl (C=O) groups excluding carboxylic acids is 2. The fraction of sp³-hybridized carbons (Fsp3) is 0.529. The van der Waals surface area contributed by atoms with Crippen molar-refractivity contribution in [1.29, 1.82) is 0 Å². The Hall–Kier alpha value is -1.84. The maximum absolute atomic E-state index is 12.1. The zero-order valence-electron chi connectivity index (χ0n) is 13.0. The highest BCUT2D eigenvalue weighted by atomic mass is 16.5. The lowest BCUT2D eigenvalue weighted by atomic mass is 9.99. The number of rotatable bonds is 3. The molecular formula is C17H23NO3. The van der Waals surface area contributed by atoms with Crippen LogP contribution in [-0.2, 0) is 9.53 Å². The normalized spacial score (nSPS) is 15.9. The summed E-state index contributed by atoms with van der Waals surface area (Å²) in [5.41, 5.74) is 2.41. The second-order valence-corrected chi connectivity index (χ2v) is 5.96. The predicted molar refractivity (Wildman–Crippen MR) is 81.2 cm³/mol. The van der Waals surface area contributed by atoms with E-state index in [4.69, 9.17) is 4.74 Å². The molecule has 1 aromatic rings. The Labute approximate surface area is 126 Å². The fourth-order valence-electron chi connectivity index (χ4n) is 2.51. The van der Waals surface area contributed by atoms with E-state index in [2.05, 4.69) is 6.92 Å². The molecule has 2 rings (SSSR count). The van der Waals surface area contributed by atoms with Crippen LogP contribution in [0.4, 0.5) is 0 Å². The standard InChI is InChI=1S/C17H23NO3/c1-12-6-8-18(9-7-12)16(19)11-21-17(20)15-10-13(2)4-5-14(15)3/h4-5,10,12H,6-9,11H2,1-3H3. The Morgan fingerprint density at radius 3 is 2.57 bits per heavy atom. The topological polar surface area (TPSA) is 46.6 Å². The number of hydrogen-bond donors (Lipinski definition) is 0. The number of hydrogen-bond acceptors (Lipinski definition) is 3. The van der Waals surface area contributed by atoms with Gasteiger partial charge in [-0.3, -0.25) is 4.79 Å². The monoisotopic (exact) mass is 289 g/mol. The number of carbonyl (C=O) groups is 2. The maximum Gasteiger partial charge on any atom is 0.338 e. The van der Waals surface area contributed by atoms with Crippen LogP contribution in [0, 0.1) is 19.8 Å². The van der Waals surface area contributed by atoms with Crippen molar-refractivity contribution >= 4 is 11.9 Å². The van der Waals surface area contributed by atoms with Gasteiger partial charge >= 0.3 is 5.97 Å². The Morgan fingerprint density at radius 1 is 1.24 bits per heavy atom. The number of benzene rings is 1. The van der Waals surface area contributed by atoms with Crippen molar-refractivity contribution in [3.63, 3.8) is 0 Å². The number of piperidine rings is 1. The second kappa shape index (κ2) is 6.74. The SMILES string of the molecule is Cc1ccc(C)c(C(=O)OCC(=O)N2CCC(C)CC2)c1. The third kappa shape index (κ3) is 4.06. The van der Waals surface area contributed by atoms with E-state index in [0.29, 0.717) is 11.5 Å². The van der Waals surface area contributed by atoms with Gasteiger partial charge in [-0.2, -0.15) is 0 Å². The van der Waals surface area contributed by atoms with Crippen molar-refractivity contribution in [3.8, 4) is 0 Å². The molecule has 0 saturated carbocycles. The lowest BCUT2D eigenvalue weighted by molar-refractivity contribution is -0.135. The molecule has 1 aliphatic heterocycles. The lowest BCUT2D eigenvalue weighted by Crippen LogP contribution is -2.40. The van der Waals surface area contributed by atoms with Gasteiger partial charge < -0.3 is 9.64 Å². The molecule has 21 heavy (non-hydrogen) atoms. The molecule has 114 valence electrons. The van der Waals surface area contributed by atoms with Crippen LogP contribution >= 0.6 is 0 Å². The number of amides is 1. The Bertz CT molecular complexity index is 531. The van der Waals surface area contributed by atoms with E-state index in [1.54, 1.807) is 11.0 Å². The smallest absolute Gasteiger partial charge is 0.338 e. The van der Waals surface area contributed by atoms with Gasteiger partial charge in [-0.1, -0.05) is 24.6 Å². The van der Waals surface area contributed by atoms with Crippen LogP contribution in [0.5, 0.6) is 0 Å². The van der Waals surface area contributed by atoms with Gasteiger partial charge in [0.25, 0.3) is 5.91 Å². The fourth-order valence-corrected chi connectivity index (χ4v) is 2.51. The van der Waals surface area contributed by atoms with Crippen LogP contribution in [-0.4, -0.2) is 36.5 Å². The summed E-state index contributed by atoms with van der Waals surface area (Å²) in [6.07, 6.45) is 2.05. The molecule has 1 fully saturated rings. The Morgan fingerprint density at radius 2 is 1.90 bits per heavy atom. The highest BCUT2D eigenvalue weighted by Gasteiger charge is 2.21. The molecule has 0 spiro atoms. The molecule has 1 saturated heterocycles. The molecule has 0 bridgehead atoms. The van der Waals surface area contributed by atoms with E-state index in [9.17, 15) is 9.59 Å². The second-order valence-electron chi connectivity index (χ2n) is 5.96. The van der Waals surface area contributed by atoms with E-state index in [1.165, 1.54) is 0 Å². The highest BCUT2D eigenvalue weighted by Crippen LogP contribution is 2.16. The van der Waals surface area contributed by atoms with Crippen molar-refractivity contribution in [2.75, 3.05) is 19.7 Å². The molecule has 0 radical (unpaired) electrons. The van der Waals surface area contributed by atoms with Crippen molar-refractivity contribution in [2.24, 2.45) is 5.92 Å². The van der Waals surface area contributed by atoms with Gasteiger partial charge in [0.2, 0.25) is 0 Å². The van der Waals surface area contributed by atoms with Crippen molar-refractivity contribution in [2.45, 2.75) is 33.6 Å². The lowest BCUT2D eigenvalue weighted by Gasteiger charge is -2.30. The van der Waals surface area contributed by atoms with E-state index in [1.807, 2.05) is 26.0 Å². The van der Waals surface area contributed by atoms with Gasteiger partial charge in [0.15, 0.2) is 6.61 Å². The molecule has 1 heterocycles. The first-order chi connectivity index (χ1) is 9.97. The zero-order valence-corrected chi connectivity index (χ0v) is 13.0. The summed E-state index contributed by atoms with van der Waals surface area (Å²) in [7, 11) is 0. The molecule has 1 aromatic carbocycles. The van der Waals surface area contributed by atoms with Crippen LogP contribution in [0.2, 0.25) is 0 Å². The van der Waals surface area contributed by atoms with Gasteiger partial charge in [-0.05, 0) is 44.2 Å². The first kappa shape index (κ1) is 15.5. The first-order valence-electron chi connectivity index (χ1n) is 7.49. The third-order valence-corrected chi connectivity index (χ3v) is 4.08. The first-order valence-corrected chi connectivity index (χ1v) is 7.49. The zero-order chi connectivity index (χ0) is 15.4. The number of likely N-dealkylation sites (tertiary alicyclic amines) is 1. The van der Waals surface area contributed by atoms with Gasteiger partial charge in [-0.15, -0.1) is 0 Å². The summed E-state index contributed by atoms with van der Waals surface area (Å²) < 4.78 is 5.18. The summed E-state index contributed by atoms with van der Waals surface area (Å²) in [6.45, 7) is 7.35. The predicted octanol–water partition coefficient (Wildman–Crippen LogP) is 2.72. The quantitative estimate of drug-likeness (QED) is 0.804. The minimum Gasteiger partial charge on any atom is -0.452 e. The maximum atomic E-state index is 12.1. The number of ether oxygens (including phenoxy) is 1. The molecule has 0 N–H and O–H groups in total. The molecule has 4 nitrogen and oxygen atoms in total. The summed E-state index contributed by atoms with van der Waals surface area (Å²) >= 11 is 0. The van der Waals surface area contributed by atoms with Crippen molar-refractivity contribution < 1.29 is 14.3 Å². The van der Waals surface area contributed by atoms with Crippen LogP contribution in [0.1, 0.15) is 41.3 Å². The third-order valence-electron chi connectivity index (χ3n) is 4.08. The van der Waals surface area contributed by atoms with Gasteiger partial charge in [0.05, 0.1) is 5.56 Å². The average Bonchev–Trinajstić information content (AvgIpc) is 2.47. The average molecular weight is 289 g/mol. The number of esters is 1. The number of nitrogens with zero attached hydrogens (tertiary/aromatic N) is 1. The molecule has 0 atom stereocenters. The van der Waals surface area contributed by atoms with Crippen molar-refractivity contribution in [3.05, 3.63) is 34.9 Å². The van der Waals surface area contributed by atoms with E-state index in [0.717, 1.165) is 37.1 Å². The van der Waals surface area contributed by atoms with Gasteiger partial charge in [0.1, 0.15) is 0 Å². The van der Waals surface area contributed by atoms with Gasteiger partial charge in [-0.25, -0.2) is 4.79 Å². The molecule has 0 aliphatic carbocycles. The van der Waals surface area contributed by atoms with Crippen LogP contribution < -0.4 is 0 Å². The molecule has 1 amide bonds. The summed E-state index contributed by atoms with van der Waals surface area (Å²) in [4.78, 5) is 25.9. The summed E-state index contributed by atoms with van der Waals surface area (Å²) in [5, 5.41) is 0. The van der Waals surface area contributed by atoms with Gasteiger partial charge in [0, 0.05) is 13.1 Å². The van der Waals surface area contributed by atoms with Crippen LogP contribution in [0.15, 0.2) is 18.2 Å². The minimum absolute atomic E-state index is 0.0967. The van der Waals surface area contributed by atoms with E-state index < -0.39 is 5.97 Å². The van der Waals surface area contributed by atoms with Crippen molar-refractivity contribution in [1.82, 2.24) is 4.90 Å². The van der Waals surface area contributed by atoms with E-state index >= 15 is 0 Å². The largest absolute Gasteiger partial charge is 0.452 e. The van der Waals surface area contributed by atoms with Crippen LogP contribution in [0.3, 0.4) is 0 Å². The molecule has 0 unspecified atom stereocenters. The summed E-state index contributed by atoms with van der Waals surface area (Å²) in [6, 6.07) is 5.64. The summed E-state index contributed by atoms with van der Waals surface area (Å²) in [5.74, 6) is 0.155. The molecule has 0 aromatic heterocycles. The Balaban J connectivity index is 1.89. The Kier molecular flexibility index (Phi) is 4.99.